The Balaban J connectivity index is 2.28. The van der Waals surface area contributed by atoms with Crippen molar-refractivity contribution in [3.8, 4) is 0 Å². The van der Waals surface area contributed by atoms with E-state index in [1.165, 1.54) is 5.56 Å². The molecule has 16 heavy (non-hydrogen) atoms. The highest BCUT2D eigenvalue weighted by Gasteiger charge is 2.06. The highest BCUT2D eigenvalue weighted by atomic mass is 16.1. The molecule has 0 saturated heterocycles. The average Bonchev–Trinajstić information content (AvgIpc) is 2.70. The number of carbonyl (C=O) groups excluding carboxylic acids is 1. The highest BCUT2D eigenvalue weighted by molar-refractivity contribution is 5.82. The number of nitrogens with one attached hydrogen (secondary N) is 1. The lowest BCUT2D eigenvalue weighted by atomic mass is 10.2. The molecular formula is C12H15N3O. The van der Waals surface area contributed by atoms with Crippen molar-refractivity contribution >= 4 is 16.8 Å². The van der Waals surface area contributed by atoms with Crippen molar-refractivity contribution < 1.29 is 4.79 Å². The summed E-state index contributed by atoms with van der Waals surface area (Å²) >= 11 is 0. The minimum atomic E-state index is 0.0391. The smallest absolute Gasteiger partial charge is 0.221 e. The maximum absolute atomic E-state index is 11.2. The number of benzene rings is 1. The largest absolute Gasteiger partial charge is 0.359 e. The Kier molecular flexibility index (Phi) is 2.90. The van der Waals surface area contributed by atoms with Gasteiger partial charge in [0.05, 0.1) is 18.3 Å². The summed E-state index contributed by atoms with van der Waals surface area (Å²) in [5, 5.41) is 8.03. The van der Waals surface area contributed by atoms with E-state index in [1.54, 1.807) is 7.05 Å². The molecule has 1 aromatic carbocycles. The lowest BCUT2D eigenvalue weighted by molar-refractivity contribution is -0.120. The number of amides is 1. The molecule has 84 valence electrons. The van der Waals surface area contributed by atoms with Crippen molar-refractivity contribution in [3.05, 3.63) is 30.0 Å². The van der Waals surface area contributed by atoms with Crippen LogP contribution in [-0.4, -0.2) is 22.7 Å². The molecule has 0 aliphatic heterocycles. The molecule has 1 amide bonds. The fourth-order valence-electron chi connectivity index (χ4n) is 1.83. The van der Waals surface area contributed by atoms with Gasteiger partial charge >= 0.3 is 0 Å². The number of hydrogen-bond donors (Lipinski definition) is 1. The molecule has 1 N–H and O–H groups in total. The third-order valence-electron chi connectivity index (χ3n) is 2.69. The summed E-state index contributed by atoms with van der Waals surface area (Å²) < 4.78 is 1.89. The van der Waals surface area contributed by atoms with E-state index in [9.17, 15) is 4.79 Å². The molecule has 2 aromatic rings. The number of rotatable bonds is 3. The van der Waals surface area contributed by atoms with Gasteiger partial charge < -0.3 is 5.32 Å². The van der Waals surface area contributed by atoms with Crippen LogP contribution in [0.25, 0.3) is 10.9 Å². The molecule has 0 unspecified atom stereocenters. The van der Waals surface area contributed by atoms with Crippen molar-refractivity contribution in [1.82, 2.24) is 15.1 Å². The summed E-state index contributed by atoms with van der Waals surface area (Å²) in [5.74, 6) is 0.0391. The third-order valence-corrected chi connectivity index (χ3v) is 2.69. The normalized spacial score (nSPS) is 10.6. The van der Waals surface area contributed by atoms with Gasteiger partial charge in [0, 0.05) is 18.9 Å². The van der Waals surface area contributed by atoms with Crippen LogP contribution in [-0.2, 0) is 11.3 Å². The van der Waals surface area contributed by atoms with Crippen molar-refractivity contribution in [2.45, 2.75) is 19.9 Å². The molecule has 1 heterocycles. The zero-order valence-corrected chi connectivity index (χ0v) is 9.53. The number of carbonyl (C=O) groups is 1. The van der Waals surface area contributed by atoms with Crippen LogP contribution in [0.4, 0.5) is 0 Å². The zero-order chi connectivity index (χ0) is 11.5. The predicted molar refractivity (Wildman–Crippen MR) is 63.2 cm³/mol. The monoisotopic (exact) mass is 217 g/mol. The van der Waals surface area contributed by atoms with Gasteiger partial charge in [-0.1, -0.05) is 18.2 Å². The summed E-state index contributed by atoms with van der Waals surface area (Å²) in [6.07, 6.45) is 2.30. The van der Waals surface area contributed by atoms with Crippen LogP contribution in [0.2, 0.25) is 0 Å². The average molecular weight is 217 g/mol. The van der Waals surface area contributed by atoms with E-state index in [2.05, 4.69) is 23.4 Å². The van der Waals surface area contributed by atoms with Gasteiger partial charge in [-0.3, -0.25) is 9.48 Å². The molecule has 0 bridgehead atoms. The first-order chi connectivity index (χ1) is 7.72. The SMILES string of the molecule is CNC(=O)CCn1ncc2cccc(C)c21. The van der Waals surface area contributed by atoms with E-state index in [0.29, 0.717) is 13.0 Å². The molecule has 0 atom stereocenters. The quantitative estimate of drug-likeness (QED) is 0.846. The number of fused-ring (bicyclic) bond motifs is 1. The fourth-order valence-corrected chi connectivity index (χ4v) is 1.83. The molecule has 0 saturated carbocycles. The second-order valence-corrected chi connectivity index (χ2v) is 3.80. The number of para-hydroxylation sites is 1. The summed E-state index contributed by atoms with van der Waals surface area (Å²) in [6, 6.07) is 6.11. The van der Waals surface area contributed by atoms with Crippen molar-refractivity contribution in [2.24, 2.45) is 0 Å². The minimum absolute atomic E-state index is 0.0391. The summed E-state index contributed by atoms with van der Waals surface area (Å²) in [7, 11) is 1.65. The Bertz CT molecular complexity index is 516. The van der Waals surface area contributed by atoms with Gasteiger partial charge in [-0.05, 0) is 12.5 Å². The van der Waals surface area contributed by atoms with Gasteiger partial charge in [-0.15, -0.1) is 0 Å². The minimum Gasteiger partial charge on any atom is -0.359 e. The van der Waals surface area contributed by atoms with E-state index in [-0.39, 0.29) is 5.91 Å². The topological polar surface area (TPSA) is 46.9 Å². The van der Waals surface area contributed by atoms with Gasteiger partial charge in [0.2, 0.25) is 5.91 Å². The van der Waals surface area contributed by atoms with E-state index in [4.69, 9.17) is 0 Å². The molecule has 0 spiro atoms. The Labute approximate surface area is 94.3 Å². The maximum Gasteiger partial charge on any atom is 0.221 e. The molecule has 1 aromatic heterocycles. The first-order valence-corrected chi connectivity index (χ1v) is 5.34. The van der Waals surface area contributed by atoms with Crippen molar-refractivity contribution in [1.29, 1.82) is 0 Å². The van der Waals surface area contributed by atoms with Gasteiger partial charge in [-0.25, -0.2) is 0 Å². The van der Waals surface area contributed by atoms with Crippen LogP contribution < -0.4 is 5.32 Å². The zero-order valence-electron chi connectivity index (χ0n) is 9.53. The van der Waals surface area contributed by atoms with Crippen LogP contribution in [0.15, 0.2) is 24.4 Å². The standard InChI is InChI=1S/C12H15N3O/c1-9-4-3-5-10-8-14-15(12(9)10)7-6-11(16)13-2/h3-5,8H,6-7H2,1-2H3,(H,13,16). The number of aromatic nitrogens is 2. The fraction of sp³-hybridized carbons (Fsp3) is 0.333. The molecule has 4 heteroatoms. The Morgan fingerprint density at radius 2 is 2.31 bits per heavy atom. The first-order valence-electron chi connectivity index (χ1n) is 5.34. The van der Waals surface area contributed by atoms with Crippen LogP contribution in [0, 0.1) is 6.92 Å². The van der Waals surface area contributed by atoms with E-state index < -0.39 is 0 Å². The molecule has 4 nitrogen and oxygen atoms in total. The van der Waals surface area contributed by atoms with Crippen LogP contribution in [0.3, 0.4) is 0 Å². The Morgan fingerprint density at radius 3 is 3.06 bits per heavy atom. The highest BCUT2D eigenvalue weighted by Crippen LogP contribution is 2.17. The molecule has 2 rings (SSSR count). The van der Waals surface area contributed by atoms with Crippen LogP contribution in [0.1, 0.15) is 12.0 Å². The summed E-state index contributed by atoms with van der Waals surface area (Å²) in [5.41, 5.74) is 2.30. The predicted octanol–water partition coefficient (Wildman–Crippen LogP) is 1.48. The molecule has 0 aliphatic carbocycles. The summed E-state index contributed by atoms with van der Waals surface area (Å²) in [4.78, 5) is 11.2. The van der Waals surface area contributed by atoms with Crippen LogP contribution >= 0.6 is 0 Å². The molecule has 0 aliphatic rings. The second kappa shape index (κ2) is 4.35. The third kappa shape index (κ3) is 1.91. The van der Waals surface area contributed by atoms with Crippen LogP contribution in [0.5, 0.6) is 0 Å². The van der Waals surface area contributed by atoms with E-state index in [1.807, 2.05) is 23.0 Å². The first kappa shape index (κ1) is 10.7. The Morgan fingerprint density at radius 1 is 1.50 bits per heavy atom. The molecule has 0 fully saturated rings. The Hall–Kier alpha value is -1.84. The summed E-state index contributed by atoms with van der Waals surface area (Å²) in [6.45, 7) is 2.68. The molecular weight excluding hydrogens is 202 g/mol. The van der Waals surface area contributed by atoms with Gasteiger partial charge in [0.1, 0.15) is 0 Å². The number of nitrogens with zero attached hydrogens (tertiary/aromatic N) is 2. The second-order valence-electron chi connectivity index (χ2n) is 3.80. The van der Waals surface area contributed by atoms with Crippen molar-refractivity contribution in [2.75, 3.05) is 7.05 Å². The lowest BCUT2D eigenvalue weighted by Gasteiger charge is -2.04. The van der Waals surface area contributed by atoms with E-state index >= 15 is 0 Å². The van der Waals surface area contributed by atoms with Crippen molar-refractivity contribution in [3.63, 3.8) is 0 Å². The number of hydrogen-bond acceptors (Lipinski definition) is 2. The van der Waals surface area contributed by atoms with Gasteiger partial charge in [0.25, 0.3) is 0 Å². The lowest BCUT2D eigenvalue weighted by Crippen LogP contribution is -2.19. The number of aryl methyl sites for hydroxylation is 2. The van der Waals surface area contributed by atoms with E-state index in [0.717, 1.165) is 10.9 Å². The molecule has 0 radical (unpaired) electrons. The maximum atomic E-state index is 11.2. The van der Waals surface area contributed by atoms with Gasteiger partial charge in [-0.2, -0.15) is 5.10 Å². The van der Waals surface area contributed by atoms with Gasteiger partial charge in [0.15, 0.2) is 0 Å².